The molecule has 0 spiro atoms. The highest BCUT2D eigenvalue weighted by atomic mass is 16.8. The summed E-state index contributed by atoms with van der Waals surface area (Å²) in [6.45, 7) is 2.15. The van der Waals surface area contributed by atoms with Gasteiger partial charge in [-0.25, -0.2) is 0 Å². The zero-order valence-corrected chi connectivity index (χ0v) is 23.3. The van der Waals surface area contributed by atoms with E-state index in [4.69, 9.17) is 28.4 Å². The molecule has 0 aromatic heterocycles. The molecule has 3 heterocycles. The van der Waals surface area contributed by atoms with Gasteiger partial charge in [-0.3, -0.25) is 9.59 Å². The smallest absolute Gasteiger partial charge is 0.302 e. The number of carbonyl (C=O) groups is 2. The fourth-order valence-electron chi connectivity index (χ4n) is 5.18. The summed E-state index contributed by atoms with van der Waals surface area (Å²) < 4.78 is 34.4. The summed E-state index contributed by atoms with van der Waals surface area (Å²) in [7, 11) is 0. The predicted octanol–water partition coefficient (Wildman–Crippen LogP) is -0.300. The number of aliphatic hydroxyl groups is 5. The van der Waals surface area contributed by atoms with Gasteiger partial charge < -0.3 is 59.1 Å². The number of para-hydroxylation sites is 1. The second kappa shape index (κ2) is 12.7. The number of esters is 1. The van der Waals surface area contributed by atoms with Crippen LogP contribution in [0.3, 0.4) is 0 Å². The first-order valence-corrected chi connectivity index (χ1v) is 13.7. The molecule has 43 heavy (non-hydrogen) atoms. The molecule has 0 saturated carbocycles. The van der Waals surface area contributed by atoms with Crippen molar-refractivity contribution in [3.05, 3.63) is 53.6 Å². The fourth-order valence-corrected chi connectivity index (χ4v) is 5.18. The number of hydrogen-bond acceptors (Lipinski definition) is 14. The SMILES string of the molecule is CC(=O)OC[C@H]1O[C@@H](Oc2cccc3c2O[C@H](c2ccc(O)cc2)CC3=O)[C@H](O[C@@H]2O[C@@H](C)[C@H](O)[C@@H](O)[C@H]2O)[C@@H](O)[C@@H]1O. The first kappa shape index (κ1) is 31.1. The molecular weight excluding hydrogens is 572 g/mol. The summed E-state index contributed by atoms with van der Waals surface area (Å²) in [6, 6.07) is 10.8. The van der Waals surface area contributed by atoms with Gasteiger partial charge in [-0.15, -0.1) is 0 Å². The van der Waals surface area contributed by atoms with E-state index in [0.29, 0.717) is 5.56 Å². The van der Waals surface area contributed by atoms with Crippen molar-refractivity contribution in [3.8, 4) is 17.2 Å². The Morgan fingerprint density at radius 1 is 0.907 bits per heavy atom. The summed E-state index contributed by atoms with van der Waals surface area (Å²) in [4.78, 5) is 24.5. The molecule has 14 nitrogen and oxygen atoms in total. The molecule has 2 saturated heterocycles. The van der Waals surface area contributed by atoms with Gasteiger partial charge in [0.15, 0.2) is 29.7 Å². The molecule has 0 aliphatic carbocycles. The molecule has 0 radical (unpaired) electrons. The van der Waals surface area contributed by atoms with E-state index in [2.05, 4.69) is 0 Å². The Morgan fingerprint density at radius 3 is 2.33 bits per heavy atom. The van der Waals surface area contributed by atoms with Gasteiger partial charge in [0.05, 0.1) is 18.1 Å². The number of ketones is 1. The van der Waals surface area contributed by atoms with E-state index >= 15 is 0 Å². The lowest BCUT2D eigenvalue weighted by Gasteiger charge is -2.45. The van der Waals surface area contributed by atoms with Crippen LogP contribution in [0.4, 0.5) is 0 Å². The Morgan fingerprint density at radius 2 is 1.63 bits per heavy atom. The lowest BCUT2D eigenvalue weighted by molar-refractivity contribution is -0.354. The van der Waals surface area contributed by atoms with Crippen molar-refractivity contribution in [1.29, 1.82) is 0 Å². The third-order valence-electron chi connectivity index (χ3n) is 7.61. The number of benzene rings is 2. The second-order valence-electron chi connectivity index (χ2n) is 10.7. The number of carbonyl (C=O) groups excluding carboxylic acids is 2. The van der Waals surface area contributed by atoms with Crippen LogP contribution in [0.25, 0.3) is 0 Å². The zero-order chi connectivity index (χ0) is 31.0. The van der Waals surface area contributed by atoms with Crippen LogP contribution in [0, 0.1) is 0 Å². The van der Waals surface area contributed by atoms with Crippen molar-refractivity contribution in [2.24, 2.45) is 0 Å². The maximum atomic E-state index is 13.1. The summed E-state index contributed by atoms with van der Waals surface area (Å²) in [5.74, 6) is -0.784. The van der Waals surface area contributed by atoms with Gasteiger partial charge >= 0.3 is 5.97 Å². The third kappa shape index (κ3) is 6.46. The molecule has 0 bridgehead atoms. The molecule has 11 atom stereocenters. The molecule has 234 valence electrons. The van der Waals surface area contributed by atoms with E-state index in [1.807, 2.05) is 0 Å². The van der Waals surface area contributed by atoms with Crippen molar-refractivity contribution in [3.63, 3.8) is 0 Å². The first-order chi connectivity index (χ1) is 20.4. The normalized spacial score (nSPS) is 35.9. The van der Waals surface area contributed by atoms with Crippen LogP contribution in [0.5, 0.6) is 17.2 Å². The maximum Gasteiger partial charge on any atom is 0.302 e. The van der Waals surface area contributed by atoms with E-state index in [-0.39, 0.29) is 35.0 Å². The van der Waals surface area contributed by atoms with Crippen LogP contribution in [-0.4, -0.2) is 110 Å². The van der Waals surface area contributed by atoms with Gasteiger partial charge in [-0.2, -0.15) is 0 Å². The van der Waals surface area contributed by atoms with Gasteiger partial charge in [-0.05, 0) is 36.8 Å². The predicted molar refractivity (Wildman–Crippen MR) is 142 cm³/mol. The van der Waals surface area contributed by atoms with Crippen molar-refractivity contribution in [1.82, 2.24) is 0 Å². The van der Waals surface area contributed by atoms with Crippen LogP contribution in [0.2, 0.25) is 0 Å². The third-order valence-corrected chi connectivity index (χ3v) is 7.61. The van der Waals surface area contributed by atoms with Crippen molar-refractivity contribution >= 4 is 11.8 Å². The Balaban J connectivity index is 1.44. The molecule has 5 rings (SSSR count). The molecule has 14 heteroatoms. The van der Waals surface area contributed by atoms with Gasteiger partial charge in [0.1, 0.15) is 55.1 Å². The number of aliphatic hydroxyl groups excluding tert-OH is 5. The lowest BCUT2D eigenvalue weighted by Crippen LogP contribution is -2.64. The fraction of sp³-hybridized carbons (Fsp3) is 0.517. The highest BCUT2D eigenvalue weighted by Gasteiger charge is 2.51. The quantitative estimate of drug-likeness (QED) is 0.224. The zero-order valence-electron chi connectivity index (χ0n) is 23.3. The van der Waals surface area contributed by atoms with E-state index in [0.717, 1.165) is 6.92 Å². The molecule has 0 unspecified atom stereocenters. The van der Waals surface area contributed by atoms with Gasteiger partial charge in [0.2, 0.25) is 6.29 Å². The minimum atomic E-state index is -1.75. The first-order valence-electron chi connectivity index (χ1n) is 13.7. The molecular formula is C29H34O14. The number of rotatable bonds is 7. The summed E-state index contributed by atoms with van der Waals surface area (Å²) in [5.41, 5.74) is 0.842. The number of ether oxygens (including phenoxy) is 6. The average Bonchev–Trinajstić information content (AvgIpc) is 2.98. The summed E-state index contributed by atoms with van der Waals surface area (Å²) in [6.07, 6.45) is -15.9. The molecule has 3 aliphatic rings. The van der Waals surface area contributed by atoms with Gasteiger partial charge in [0.25, 0.3) is 0 Å². The minimum Gasteiger partial charge on any atom is -0.508 e. The van der Waals surface area contributed by atoms with Crippen LogP contribution in [0.1, 0.15) is 42.3 Å². The van der Waals surface area contributed by atoms with Crippen LogP contribution in [-0.2, 0) is 23.7 Å². The van der Waals surface area contributed by atoms with E-state index in [1.165, 1.54) is 25.1 Å². The van der Waals surface area contributed by atoms with Crippen molar-refractivity contribution < 1.29 is 68.6 Å². The Bertz CT molecular complexity index is 1300. The largest absolute Gasteiger partial charge is 0.508 e. The van der Waals surface area contributed by atoms with Crippen LogP contribution < -0.4 is 9.47 Å². The monoisotopic (exact) mass is 606 g/mol. The molecule has 0 amide bonds. The van der Waals surface area contributed by atoms with Crippen molar-refractivity contribution in [2.45, 2.75) is 87.8 Å². The molecule has 3 aliphatic heterocycles. The second-order valence-corrected chi connectivity index (χ2v) is 10.7. The average molecular weight is 607 g/mol. The van der Waals surface area contributed by atoms with Crippen molar-refractivity contribution in [2.75, 3.05) is 6.61 Å². The highest BCUT2D eigenvalue weighted by Crippen LogP contribution is 2.43. The van der Waals surface area contributed by atoms with Gasteiger partial charge in [0, 0.05) is 6.92 Å². The number of hydrogen-bond donors (Lipinski definition) is 6. The number of fused-ring (bicyclic) bond motifs is 1. The lowest BCUT2D eigenvalue weighted by atomic mass is 9.95. The van der Waals surface area contributed by atoms with E-state index in [1.54, 1.807) is 24.3 Å². The van der Waals surface area contributed by atoms with Gasteiger partial charge in [-0.1, -0.05) is 18.2 Å². The Labute approximate surface area is 245 Å². The maximum absolute atomic E-state index is 13.1. The highest BCUT2D eigenvalue weighted by molar-refractivity contribution is 6.00. The topological polar surface area (TPSA) is 211 Å². The summed E-state index contributed by atoms with van der Waals surface area (Å²) >= 11 is 0. The molecule has 6 N–H and O–H groups in total. The number of phenolic OH excluding ortho intramolecular Hbond substituents is 1. The van der Waals surface area contributed by atoms with Crippen LogP contribution >= 0.6 is 0 Å². The Hall–Kier alpha value is -3.34. The molecule has 2 aromatic rings. The number of Topliss-reactive ketones (excluding diaryl/α,β-unsaturated/α-hetero) is 1. The Kier molecular flexibility index (Phi) is 9.20. The molecule has 2 fully saturated rings. The van der Waals surface area contributed by atoms with E-state index in [9.17, 15) is 40.2 Å². The van der Waals surface area contributed by atoms with Crippen LogP contribution in [0.15, 0.2) is 42.5 Å². The number of aromatic hydroxyl groups is 1. The van der Waals surface area contributed by atoms with E-state index < -0.39 is 80.1 Å². The number of phenols is 1. The standard InChI is InChI=1S/C29H34O14/c1-12-21(33)23(35)25(37)28(39-12)43-27-24(36)22(34)20(11-38-13(2)30)42-29(27)41-18-5-3-4-16-17(32)10-19(40-26(16)18)14-6-8-15(31)9-7-14/h3-9,12,19-25,27-29,31,33-37H,10-11H2,1-2H3/t12-,19-,20+,21-,22+,23+,24-,25+,27+,28-,29+/m0/s1. The molecule has 2 aromatic carbocycles. The summed E-state index contributed by atoms with van der Waals surface area (Å²) in [5, 5.41) is 62.3. The minimum absolute atomic E-state index is 0.0108.